The maximum absolute atomic E-state index is 12.0. The van der Waals surface area contributed by atoms with E-state index >= 15 is 0 Å². The Morgan fingerprint density at radius 1 is 0.929 bits per heavy atom. The molecule has 2 rings (SSSR count). The molecule has 5 nitrogen and oxygen atoms in total. The summed E-state index contributed by atoms with van der Waals surface area (Å²) in [5.74, 6) is 0.720. The van der Waals surface area contributed by atoms with Crippen molar-refractivity contribution in [1.29, 1.82) is 0 Å². The summed E-state index contributed by atoms with van der Waals surface area (Å²) in [5, 5.41) is 9.57. The number of rotatable bonds is 8. The molecule has 0 saturated heterocycles. The van der Waals surface area contributed by atoms with Crippen molar-refractivity contribution in [2.45, 2.75) is 39.7 Å². The SMILES string of the molecule is CCNC(=O)c1cccc(CN=C(NCC)NCC(C)(C)c2ccccc2)c1. The van der Waals surface area contributed by atoms with Crippen LogP contribution < -0.4 is 16.0 Å². The maximum atomic E-state index is 12.0. The number of amides is 1. The van der Waals surface area contributed by atoms with E-state index in [0.717, 1.165) is 24.6 Å². The van der Waals surface area contributed by atoms with Gasteiger partial charge in [-0.3, -0.25) is 4.79 Å². The molecule has 0 aliphatic carbocycles. The number of hydrogen-bond acceptors (Lipinski definition) is 2. The van der Waals surface area contributed by atoms with Crippen LogP contribution in [-0.2, 0) is 12.0 Å². The molecule has 28 heavy (non-hydrogen) atoms. The van der Waals surface area contributed by atoms with Crippen molar-refractivity contribution in [3.63, 3.8) is 0 Å². The van der Waals surface area contributed by atoms with Gasteiger partial charge in [0.15, 0.2) is 5.96 Å². The zero-order chi connectivity index (χ0) is 20.4. The molecule has 2 aromatic carbocycles. The summed E-state index contributed by atoms with van der Waals surface area (Å²) in [5.41, 5.74) is 2.93. The normalized spacial score (nSPS) is 11.8. The molecular weight excluding hydrogens is 348 g/mol. The molecule has 5 heteroatoms. The van der Waals surface area contributed by atoms with Crippen LogP contribution in [0.1, 0.15) is 49.2 Å². The van der Waals surface area contributed by atoms with Crippen LogP contribution in [0.2, 0.25) is 0 Å². The summed E-state index contributed by atoms with van der Waals surface area (Å²) < 4.78 is 0. The van der Waals surface area contributed by atoms with E-state index in [1.807, 2.05) is 37.3 Å². The molecule has 3 N–H and O–H groups in total. The Morgan fingerprint density at radius 3 is 2.32 bits per heavy atom. The second-order valence-electron chi connectivity index (χ2n) is 7.36. The Morgan fingerprint density at radius 2 is 1.64 bits per heavy atom. The Labute approximate surface area is 168 Å². The topological polar surface area (TPSA) is 65.5 Å². The zero-order valence-corrected chi connectivity index (χ0v) is 17.4. The number of nitrogens with zero attached hydrogens (tertiary/aromatic N) is 1. The molecule has 0 fully saturated rings. The van der Waals surface area contributed by atoms with Gasteiger partial charge < -0.3 is 16.0 Å². The molecule has 0 aromatic heterocycles. The van der Waals surface area contributed by atoms with Crippen molar-refractivity contribution in [1.82, 2.24) is 16.0 Å². The van der Waals surface area contributed by atoms with Crippen LogP contribution in [0.15, 0.2) is 59.6 Å². The summed E-state index contributed by atoms with van der Waals surface area (Å²) in [6, 6.07) is 18.1. The molecule has 1 amide bonds. The second kappa shape index (κ2) is 10.5. The number of carbonyl (C=O) groups is 1. The molecule has 0 aliphatic heterocycles. The third-order valence-electron chi connectivity index (χ3n) is 4.54. The van der Waals surface area contributed by atoms with Crippen molar-refractivity contribution in [3.05, 3.63) is 71.3 Å². The van der Waals surface area contributed by atoms with Gasteiger partial charge in [0.05, 0.1) is 6.54 Å². The van der Waals surface area contributed by atoms with Crippen molar-refractivity contribution in [3.8, 4) is 0 Å². The first-order valence-corrected chi connectivity index (χ1v) is 9.91. The van der Waals surface area contributed by atoms with Crippen molar-refractivity contribution in [2.24, 2.45) is 4.99 Å². The third-order valence-corrected chi connectivity index (χ3v) is 4.54. The van der Waals surface area contributed by atoms with Crippen LogP contribution in [0, 0.1) is 0 Å². The fourth-order valence-corrected chi connectivity index (χ4v) is 2.88. The Balaban J connectivity index is 2.04. The molecular formula is C23H32N4O. The Hall–Kier alpha value is -2.82. The fourth-order valence-electron chi connectivity index (χ4n) is 2.88. The van der Waals surface area contributed by atoms with Gasteiger partial charge >= 0.3 is 0 Å². The molecule has 0 heterocycles. The average molecular weight is 381 g/mol. The summed E-state index contributed by atoms with van der Waals surface area (Å²) in [4.78, 5) is 16.7. The first kappa shape index (κ1) is 21.5. The van der Waals surface area contributed by atoms with E-state index in [1.54, 1.807) is 0 Å². The number of carbonyl (C=O) groups excluding carboxylic acids is 1. The predicted molar refractivity (Wildman–Crippen MR) is 117 cm³/mol. The van der Waals surface area contributed by atoms with Gasteiger partial charge in [0, 0.05) is 30.6 Å². The minimum atomic E-state index is -0.0528. The highest BCUT2D eigenvalue weighted by Gasteiger charge is 2.20. The van der Waals surface area contributed by atoms with Crippen LogP contribution >= 0.6 is 0 Å². The van der Waals surface area contributed by atoms with E-state index in [-0.39, 0.29) is 11.3 Å². The van der Waals surface area contributed by atoms with Crippen LogP contribution in [0.25, 0.3) is 0 Å². The van der Waals surface area contributed by atoms with Gasteiger partial charge in [-0.05, 0) is 37.1 Å². The van der Waals surface area contributed by atoms with Crippen LogP contribution in [0.3, 0.4) is 0 Å². The van der Waals surface area contributed by atoms with Crippen molar-refractivity contribution in [2.75, 3.05) is 19.6 Å². The number of benzene rings is 2. The Kier molecular flexibility index (Phi) is 8.05. The first-order chi connectivity index (χ1) is 13.5. The number of nitrogens with one attached hydrogen (secondary N) is 3. The molecule has 2 aromatic rings. The zero-order valence-electron chi connectivity index (χ0n) is 17.4. The standard InChI is InChI=1S/C23H32N4O/c1-5-24-21(28)19-12-10-11-18(15-19)16-26-22(25-6-2)27-17-23(3,4)20-13-8-7-9-14-20/h7-15H,5-6,16-17H2,1-4H3,(H,24,28)(H2,25,26,27). The van der Waals surface area contributed by atoms with Gasteiger partial charge in [0.2, 0.25) is 0 Å². The highest BCUT2D eigenvalue weighted by atomic mass is 16.1. The summed E-state index contributed by atoms with van der Waals surface area (Å²) in [6.45, 7) is 11.1. The fraction of sp³-hybridized carbons (Fsp3) is 0.391. The molecule has 0 aliphatic rings. The lowest BCUT2D eigenvalue weighted by Gasteiger charge is -2.26. The van der Waals surface area contributed by atoms with E-state index in [9.17, 15) is 4.79 Å². The van der Waals surface area contributed by atoms with Gasteiger partial charge in [0.1, 0.15) is 0 Å². The minimum Gasteiger partial charge on any atom is -0.357 e. The summed E-state index contributed by atoms with van der Waals surface area (Å²) in [7, 11) is 0. The number of guanidine groups is 1. The molecule has 150 valence electrons. The highest BCUT2D eigenvalue weighted by Crippen LogP contribution is 2.21. The number of hydrogen-bond donors (Lipinski definition) is 3. The first-order valence-electron chi connectivity index (χ1n) is 9.91. The number of aliphatic imine (C=N–C) groups is 1. The predicted octanol–water partition coefficient (Wildman–Crippen LogP) is 3.47. The van der Waals surface area contributed by atoms with Gasteiger partial charge in [-0.1, -0.05) is 56.3 Å². The van der Waals surface area contributed by atoms with Gasteiger partial charge in [-0.25, -0.2) is 4.99 Å². The molecule has 0 radical (unpaired) electrons. The summed E-state index contributed by atoms with van der Waals surface area (Å²) in [6.07, 6.45) is 0. The molecule has 0 spiro atoms. The molecule has 0 saturated carbocycles. The van der Waals surface area contributed by atoms with Gasteiger partial charge in [-0.2, -0.15) is 0 Å². The lowest BCUT2D eigenvalue weighted by atomic mass is 9.85. The highest BCUT2D eigenvalue weighted by molar-refractivity contribution is 5.94. The van der Waals surface area contributed by atoms with E-state index in [1.165, 1.54) is 5.56 Å². The van der Waals surface area contributed by atoms with Crippen LogP contribution in [0.5, 0.6) is 0 Å². The monoisotopic (exact) mass is 380 g/mol. The third kappa shape index (κ3) is 6.41. The van der Waals surface area contributed by atoms with E-state index in [0.29, 0.717) is 18.7 Å². The smallest absolute Gasteiger partial charge is 0.251 e. The van der Waals surface area contributed by atoms with Crippen LogP contribution in [-0.4, -0.2) is 31.5 Å². The maximum Gasteiger partial charge on any atom is 0.251 e. The Bertz CT molecular complexity index is 784. The lowest BCUT2D eigenvalue weighted by molar-refractivity contribution is 0.0955. The second-order valence-corrected chi connectivity index (χ2v) is 7.36. The largest absolute Gasteiger partial charge is 0.357 e. The van der Waals surface area contributed by atoms with Crippen LogP contribution in [0.4, 0.5) is 0 Å². The quantitative estimate of drug-likeness (QED) is 0.485. The summed E-state index contributed by atoms with van der Waals surface area (Å²) >= 11 is 0. The van der Waals surface area contributed by atoms with E-state index in [2.05, 4.69) is 66.0 Å². The molecule has 0 atom stereocenters. The average Bonchev–Trinajstić information content (AvgIpc) is 2.71. The lowest BCUT2D eigenvalue weighted by Crippen LogP contribution is -2.43. The van der Waals surface area contributed by atoms with Crippen molar-refractivity contribution < 1.29 is 4.79 Å². The van der Waals surface area contributed by atoms with E-state index in [4.69, 9.17) is 0 Å². The van der Waals surface area contributed by atoms with Gasteiger partial charge in [0.25, 0.3) is 5.91 Å². The molecule has 0 bridgehead atoms. The minimum absolute atomic E-state index is 0.0182. The molecule has 0 unspecified atom stereocenters. The van der Waals surface area contributed by atoms with Crippen molar-refractivity contribution >= 4 is 11.9 Å². The van der Waals surface area contributed by atoms with Gasteiger partial charge in [-0.15, -0.1) is 0 Å². The van der Waals surface area contributed by atoms with E-state index < -0.39 is 0 Å².